The lowest BCUT2D eigenvalue weighted by molar-refractivity contribution is -0.172. The Bertz CT molecular complexity index is 934. The van der Waals surface area contributed by atoms with Gasteiger partial charge in [0.15, 0.2) is 0 Å². The van der Waals surface area contributed by atoms with E-state index in [9.17, 15) is 9.18 Å². The highest BCUT2D eigenvalue weighted by atomic mass is 35.5. The second-order valence-corrected chi connectivity index (χ2v) is 8.90. The van der Waals surface area contributed by atoms with E-state index >= 15 is 0 Å². The van der Waals surface area contributed by atoms with Gasteiger partial charge >= 0.3 is 0 Å². The van der Waals surface area contributed by atoms with Crippen LogP contribution in [0.4, 0.5) is 10.1 Å². The monoisotopic (exact) mass is 398 g/mol. The predicted molar refractivity (Wildman–Crippen MR) is 111 cm³/mol. The number of allylic oxidation sites excluding steroid dienone is 1. The molecule has 3 aliphatic carbocycles. The fourth-order valence-electron chi connectivity index (χ4n) is 4.71. The molecular weight excluding hydrogens is 375 g/mol. The number of hydrogen-bond donors (Lipinski definition) is 2. The molecule has 1 atom stereocenters. The van der Waals surface area contributed by atoms with Crippen molar-refractivity contribution >= 4 is 23.2 Å². The zero-order valence-corrected chi connectivity index (χ0v) is 16.9. The fraction of sp³-hybridized carbons (Fsp3) is 0.348. The molecule has 5 heteroatoms. The van der Waals surface area contributed by atoms with E-state index in [1.807, 2.05) is 0 Å². The molecule has 3 saturated carbocycles. The van der Waals surface area contributed by atoms with Crippen LogP contribution in [-0.4, -0.2) is 11.4 Å². The second-order valence-electron chi connectivity index (χ2n) is 8.49. The Balaban J connectivity index is 1.34. The van der Waals surface area contributed by atoms with Gasteiger partial charge in [-0.2, -0.15) is 0 Å². The Morgan fingerprint density at radius 3 is 2.43 bits per heavy atom. The molecule has 0 aliphatic heterocycles. The van der Waals surface area contributed by atoms with E-state index in [1.165, 1.54) is 23.8 Å². The van der Waals surface area contributed by atoms with Crippen molar-refractivity contribution in [1.29, 1.82) is 0 Å². The lowest BCUT2D eigenvalue weighted by atomic mass is 9.35. The summed E-state index contributed by atoms with van der Waals surface area (Å²) in [6.07, 6.45) is 2.82. The van der Waals surface area contributed by atoms with Gasteiger partial charge in [0.1, 0.15) is 5.82 Å². The lowest BCUT2D eigenvalue weighted by Crippen LogP contribution is -2.76. The standard InChI is InChI=1S/C23H24ClFN2O/c1-14-4-7-18(8-5-14)26-16(3)15(2)22-11-23(12-22,13-22)27-21(28)17-6-9-20(25)19(24)10-17/h4-10,15,26H,3,11-13H2,1-2H3,(H,27,28)/t15-,22?,23?/m1/s1. The van der Waals surface area contributed by atoms with E-state index < -0.39 is 5.82 Å². The maximum atomic E-state index is 13.3. The maximum absolute atomic E-state index is 13.3. The minimum atomic E-state index is -0.518. The summed E-state index contributed by atoms with van der Waals surface area (Å²) in [6, 6.07) is 12.3. The Morgan fingerprint density at radius 2 is 1.82 bits per heavy atom. The van der Waals surface area contributed by atoms with Crippen molar-refractivity contribution in [3.8, 4) is 0 Å². The minimum Gasteiger partial charge on any atom is -0.359 e. The maximum Gasteiger partial charge on any atom is 0.251 e. The Hall–Kier alpha value is -2.33. The summed E-state index contributed by atoms with van der Waals surface area (Å²) in [7, 11) is 0. The van der Waals surface area contributed by atoms with Crippen molar-refractivity contribution in [2.24, 2.45) is 11.3 Å². The van der Waals surface area contributed by atoms with Gasteiger partial charge in [0, 0.05) is 28.4 Å². The molecular formula is C23H24ClFN2O. The molecule has 3 nitrogen and oxygen atoms in total. The summed E-state index contributed by atoms with van der Waals surface area (Å²) in [5, 5.41) is 6.52. The highest BCUT2D eigenvalue weighted by molar-refractivity contribution is 6.31. The highest BCUT2D eigenvalue weighted by Crippen LogP contribution is 2.71. The Morgan fingerprint density at radius 1 is 1.18 bits per heavy atom. The number of halogens is 2. The number of hydrogen-bond acceptors (Lipinski definition) is 2. The average molecular weight is 399 g/mol. The number of nitrogens with one attached hydrogen (secondary N) is 2. The van der Waals surface area contributed by atoms with Gasteiger partial charge in [-0.25, -0.2) is 4.39 Å². The summed E-state index contributed by atoms with van der Waals surface area (Å²) >= 11 is 5.79. The first-order valence-corrected chi connectivity index (χ1v) is 9.90. The third-order valence-corrected chi connectivity index (χ3v) is 6.72. The summed E-state index contributed by atoms with van der Waals surface area (Å²) in [5.41, 5.74) is 3.73. The number of carbonyl (C=O) groups excluding carboxylic acids is 1. The number of anilines is 1. The van der Waals surface area contributed by atoms with E-state index in [-0.39, 0.29) is 21.9 Å². The van der Waals surface area contributed by atoms with Crippen molar-refractivity contribution in [3.05, 3.63) is 76.7 Å². The number of carbonyl (C=O) groups is 1. The zero-order valence-electron chi connectivity index (χ0n) is 16.1. The van der Waals surface area contributed by atoms with E-state index in [1.54, 1.807) is 0 Å². The van der Waals surface area contributed by atoms with Crippen LogP contribution in [0.2, 0.25) is 5.02 Å². The van der Waals surface area contributed by atoms with Crippen LogP contribution >= 0.6 is 11.6 Å². The van der Waals surface area contributed by atoms with Gasteiger partial charge in [-0.05, 0) is 61.9 Å². The summed E-state index contributed by atoms with van der Waals surface area (Å²) < 4.78 is 13.3. The van der Waals surface area contributed by atoms with Crippen LogP contribution in [0, 0.1) is 24.1 Å². The Kier molecular flexibility index (Phi) is 4.50. The smallest absolute Gasteiger partial charge is 0.251 e. The van der Waals surface area contributed by atoms with Gasteiger partial charge < -0.3 is 10.6 Å². The molecule has 2 aromatic carbocycles. The molecule has 3 aliphatic rings. The highest BCUT2D eigenvalue weighted by Gasteiger charge is 2.70. The normalized spacial score (nSPS) is 25.9. The fourth-order valence-corrected chi connectivity index (χ4v) is 4.89. The van der Waals surface area contributed by atoms with Crippen molar-refractivity contribution in [1.82, 2.24) is 5.32 Å². The topological polar surface area (TPSA) is 41.1 Å². The van der Waals surface area contributed by atoms with E-state index in [0.717, 1.165) is 30.6 Å². The number of aryl methyl sites for hydroxylation is 1. The molecule has 0 unspecified atom stereocenters. The minimum absolute atomic E-state index is 0.0335. The number of benzene rings is 2. The first kappa shape index (κ1) is 19.0. The Labute approximate surface area is 170 Å². The molecule has 28 heavy (non-hydrogen) atoms. The van der Waals surface area contributed by atoms with Crippen molar-refractivity contribution in [2.45, 2.75) is 38.6 Å². The van der Waals surface area contributed by atoms with Crippen LogP contribution < -0.4 is 10.6 Å². The van der Waals surface area contributed by atoms with Crippen LogP contribution in [0.25, 0.3) is 0 Å². The predicted octanol–water partition coefficient (Wildman–Crippen LogP) is 5.70. The second kappa shape index (κ2) is 6.63. The molecule has 2 N–H and O–H groups in total. The van der Waals surface area contributed by atoms with Crippen LogP contribution in [0.5, 0.6) is 0 Å². The van der Waals surface area contributed by atoms with Gasteiger partial charge in [0.25, 0.3) is 5.91 Å². The molecule has 0 radical (unpaired) electrons. The van der Waals surface area contributed by atoms with Gasteiger partial charge in [0.2, 0.25) is 0 Å². The van der Waals surface area contributed by atoms with Gasteiger partial charge in [-0.15, -0.1) is 0 Å². The molecule has 146 valence electrons. The summed E-state index contributed by atoms with van der Waals surface area (Å²) in [6.45, 7) is 8.51. The third-order valence-electron chi connectivity index (χ3n) is 6.43. The first-order chi connectivity index (χ1) is 13.2. The van der Waals surface area contributed by atoms with Gasteiger partial charge in [-0.3, -0.25) is 4.79 Å². The summed E-state index contributed by atoms with van der Waals surface area (Å²) in [5.74, 6) is -0.400. The number of rotatable bonds is 6. The molecule has 0 aromatic heterocycles. The molecule has 0 spiro atoms. The molecule has 3 fully saturated rings. The molecule has 5 rings (SSSR count). The van der Waals surface area contributed by atoms with Crippen molar-refractivity contribution in [3.63, 3.8) is 0 Å². The molecule has 2 aromatic rings. The van der Waals surface area contributed by atoms with Crippen LogP contribution in [0.15, 0.2) is 54.7 Å². The average Bonchev–Trinajstić information content (AvgIpc) is 2.60. The first-order valence-electron chi connectivity index (χ1n) is 9.52. The van der Waals surface area contributed by atoms with Crippen LogP contribution in [0.1, 0.15) is 42.1 Å². The van der Waals surface area contributed by atoms with Crippen molar-refractivity contribution < 1.29 is 9.18 Å². The SMILES string of the molecule is C=C(Nc1ccc(C)cc1)[C@@H](C)C12CC(NC(=O)c3ccc(F)c(Cl)c3)(C1)C2. The van der Waals surface area contributed by atoms with E-state index in [4.69, 9.17) is 11.6 Å². The van der Waals surface area contributed by atoms with Crippen molar-refractivity contribution in [2.75, 3.05) is 5.32 Å². The quantitative estimate of drug-likeness (QED) is 0.655. The van der Waals surface area contributed by atoms with Gasteiger partial charge in [-0.1, -0.05) is 42.8 Å². The van der Waals surface area contributed by atoms with E-state index in [2.05, 4.69) is 55.3 Å². The molecule has 1 amide bonds. The van der Waals surface area contributed by atoms with Gasteiger partial charge in [0.05, 0.1) is 5.02 Å². The van der Waals surface area contributed by atoms with E-state index in [0.29, 0.717) is 11.5 Å². The largest absolute Gasteiger partial charge is 0.359 e. The molecule has 2 bridgehead atoms. The summed E-state index contributed by atoms with van der Waals surface area (Å²) in [4.78, 5) is 12.5. The third kappa shape index (κ3) is 3.20. The lowest BCUT2D eigenvalue weighted by Gasteiger charge is -2.73. The molecule has 0 saturated heterocycles. The number of amides is 1. The molecule has 0 heterocycles. The zero-order chi connectivity index (χ0) is 20.1. The van der Waals surface area contributed by atoms with Crippen LogP contribution in [0.3, 0.4) is 0 Å². The van der Waals surface area contributed by atoms with Crippen LogP contribution in [-0.2, 0) is 0 Å².